The standard InChI is InChI=1S/C18H17Cl3N2O5S2/c19-12-4-6-13(7-5-12)29(25,26)14-8-9-23(11-14)17(24)10-22-30(27,28)18-15(20)2-1-3-16(18)21/h1-7,14,22H,8-11H2. The second-order valence-electron chi connectivity index (χ2n) is 6.62. The third-order valence-corrected chi connectivity index (χ3v) is 9.48. The molecule has 1 saturated heterocycles. The Kier molecular flexibility index (Phi) is 7.01. The smallest absolute Gasteiger partial charge is 0.244 e. The van der Waals surface area contributed by atoms with Crippen LogP contribution in [0.2, 0.25) is 15.1 Å². The first-order valence-electron chi connectivity index (χ1n) is 8.73. The summed E-state index contributed by atoms with van der Waals surface area (Å²) in [5, 5.41) is -0.504. The maximum Gasteiger partial charge on any atom is 0.244 e. The highest BCUT2D eigenvalue weighted by molar-refractivity contribution is 7.92. The molecule has 1 aliphatic rings. The number of nitrogens with one attached hydrogen (secondary N) is 1. The van der Waals surface area contributed by atoms with Crippen molar-refractivity contribution in [2.75, 3.05) is 19.6 Å². The van der Waals surface area contributed by atoms with Crippen molar-refractivity contribution in [1.82, 2.24) is 9.62 Å². The van der Waals surface area contributed by atoms with E-state index >= 15 is 0 Å². The topological polar surface area (TPSA) is 101 Å². The molecule has 1 amide bonds. The van der Waals surface area contributed by atoms with Crippen molar-refractivity contribution in [3.05, 3.63) is 57.5 Å². The summed E-state index contributed by atoms with van der Waals surface area (Å²) in [6, 6.07) is 10.1. The minimum Gasteiger partial charge on any atom is -0.340 e. The second-order valence-corrected chi connectivity index (χ2v) is 11.8. The van der Waals surface area contributed by atoms with E-state index in [1.165, 1.54) is 47.4 Å². The molecule has 162 valence electrons. The van der Waals surface area contributed by atoms with Gasteiger partial charge >= 0.3 is 0 Å². The van der Waals surface area contributed by atoms with Gasteiger partial charge in [-0.1, -0.05) is 40.9 Å². The van der Waals surface area contributed by atoms with E-state index in [1.54, 1.807) is 0 Å². The number of likely N-dealkylation sites (tertiary alicyclic amines) is 1. The first-order valence-corrected chi connectivity index (χ1v) is 12.9. The minimum atomic E-state index is -4.13. The predicted molar refractivity (Wildman–Crippen MR) is 115 cm³/mol. The van der Waals surface area contributed by atoms with Gasteiger partial charge in [-0.3, -0.25) is 4.79 Å². The zero-order valence-corrected chi connectivity index (χ0v) is 19.3. The van der Waals surface area contributed by atoms with Crippen LogP contribution in [0.4, 0.5) is 0 Å². The molecule has 0 bridgehead atoms. The molecule has 1 N–H and O–H groups in total. The van der Waals surface area contributed by atoms with Crippen molar-refractivity contribution in [2.24, 2.45) is 0 Å². The highest BCUT2D eigenvalue weighted by Crippen LogP contribution is 2.29. The summed E-state index contributed by atoms with van der Waals surface area (Å²) in [4.78, 5) is 13.6. The van der Waals surface area contributed by atoms with Gasteiger partial charge in [0.05, 0.1) is 26.7 Å². The van der Waals surface area contributed by atoms with Crippen LogP contribution in [0.1, 0.15) is 6.42 Å². The van der Waals surface area contributed by atoms with Gasteiger partial charge in [0.25, 0.3) is 0 Å². The van der Waals surface area contributed by atoms with Crippen molar-refractivity contribution in [2.45, 2.75) is 21.5 Å². The molecule has 0 radical (unpaired) electrons. The second kappa shape index (κ2) is 9.02. The van der Waals surface area contributed by atoms with Crippen LogP contribution in [0.3, 0.4) is 0 Å². The number of amides is 1. The molecule has 0 aliphatic carbocycles. The molecule has 0 aromatic heterocycles. The Hall–Kier alpha value is -1.36. The van der Waals surface area contributed by atoms with Crippen LogP contribution in [0.25, 0.3) is 0 Å². The Morgan fingerprint density at radius 2 is 1.60 bits per heavy atom. The number of carbonyl (C=O) groups excluding carboxylic acids is 1. The van der Waals surface area contributed by atoms with E-state index in [4.69, 9.17) is 34.8 Å². The van der Waals surface area contributed by atoms with Gasteiger partial charge in [-0.05, 0) is 42.8 Å². The Labute approximate surface area is 189 Å². The van der Waals surface area contributed by atoms with Crippen molar-refractivity contribution >= 4 is 60.6 Å². The molecule has 1 unspecified atom stereocenters. The molecule has 2 aromatic rings. The Morgan fingerprint density at radius 3 is 2.20 bits per heavy atom. The van der Waals surface area contributed by atoms with Gasteiger partial charge < -0.3 is 4.90 Å². The van der Waals surface area contributed by atoms with Gasteiger partial charge in [0, 0.05) is 18.1 Å². The van der Waals surface area contributed by atoms with Crippen molar-refractivity contribution in [3.63, 3.8) is 0 Å². The van der Waals surface area contributed by atoms with Crippen LogP contribution in [0, 0.1) is 0 Å². The quantitative estimate of drug-likeness (QED) is 0.642. The van der Waals surface area contributed by atoms with E-state index in [2.05, 4.69) is 4.72 Å². The van der Waals surface area contributed by atoms with E-state index < -0.39 is 37.6 Å². The molecule has 0 spiro atoms. The summed E-state index contributed by atoms with van der Waals surface area (Å²) >= 11 is 17.6. The van der Waals surface area contributed by atoms with E-state index in [1.807, 2.05) is 0 Å². The number of hydrogen-bond acceptors (Lipinski definition) is 5. The lowest BCUT2D eigenvalue weighted by molar-refractivity contribution is -0.128. The van der Waals surface area contributed by atoms with E-state index in [0.717, 1.165) is 0 Å². The number of carbonyl (C=O) groups is 1. The molecular formula is C18H17Cl3N2O5S2. The average Bonchev–Trinajstić information content (AvgIpc) is 3.17. The van der Waals surface area contributed by atoms with Crippen LogP contribution in [-0.2, 0) is 24.7 Å². The minimum absolute atomic E-state index is 0.0294. The van der Waals surface area contributed by atoms with Crippen LogP contribution in [0.5, 0.6) is 0 Å². The summed E-state index contributed by atoms with van der Waals surface area (Å²) in [6.45, 7) is -0.374. The van der Waals surface area contributed by atoms with E-state index in [0.29, 0.717) is 5.02 Å². The first-order chi connectivity index (χ1) is 14.0. The molecule has 12 heteroatoms. The van der Waals surface area contributed by atoms with E-state index in [-0.39, 0.29) is 39.3 Å². The zero-order chi connectivity index (χ0) is 22.1. The van der Waals surface area contributed by atoms with Gasteiger partial charge in [0.1, 0.15) is 4.90 Å². The van der Waals surface area contributed by atoms with Crippen LogP contribution in [0.15, 0.2) is 52.3 Å². The Balaban J connectivity index is 1.66. The molecule has 1 fully saturated rings. The number of benzene rings is 2. The normalized spacial score (nSPS) is 17.3. The third kappa shape index (κ3) is 4.92. The monoisotopic (exact) mass is 510 g/mol. The van der Waals surface area contributed by atoms with Gasteiger partial charge in [-0.2, -0.15) is 0 Å². The summed E-state index contributed by atoms with van der Waals surface area (Å²) in [5.74, 6) is -0.546. The summed E-state index contributed by atoms with van der Waals surface area (Å²) < 4.78 is 52.7. The average molecular weight is 512 g/mol. The number of rotatable bonds is 6. The van der Waals surface area contributed by atoms with Crippen molar-refractivity contribution in [3.8, 4) is 0 Å². The summed E-state index contributed by atoms with van der Waals surface area (Å²) in [5.41, 5.74) is 0. The molecule has 3 rings (SSSR count). The molecular weight excluding hydrogens is 495 g/mol. The largest absolute Gasteiger partial charge is 0.340 e. The number of hydrogen-bond donors (Lipinski definition) is 1. The number of nitrogens with zero attached hydrogens (tertiary/aromatic N) is 1. The summed E-state index contributed by atoms with van der Waals surface area (Å²) in [6.07, 6.45) is 0.250. The van der Waals surface area contributed by atoms with Gasteiger partial charge in [0.15, 0.2) is 9.84 Å². The lowest BCUT2D eigenvalue weighted by atomic mass is 10.4. The van der Waals surface area contributed by atoms with Crippen molar-refractivity contribution in [1.29, 1.82) is 0 Å². The number of sulfonamides is 1. The summed E-state index contributed by atoms with van der Waals surface area (Å²) in [7, 11) is -7.77. The predicted octanol–water partition coefficient (Wildman–Crippen LogP) is 3.00. The molecule has 0 saturated carbocycles. The fourth-order valence-corrected chi connectivity index (χ4v) is 7.04. The van der Waals surface area contributed by atoms with Gasteiger partial charge in [-0.25, -0.2) is 21.6 Å². The SMILES string of the molecule is O=C(CNS(=O)(=O)c1c(Cl)cccc1Cl)N1CCC(S(=O)(=O)c2ccc(Cl)cc2)C1. The van der Waals surface area contributed by atoms with Gasteiger partial charge in [-0.15, -0.1) is 0 Å². The fourth-order valence-electron chi connectivity index (χ4n) is 3.10. The highest BCUT2D eigenvalue weighted by Gasteiger charge is 2.36. The number of sulfone groups is 1. The maximum absolute atomic E-state index is 12.8. The third-order valence-electron chi connectivity index (χ3n) is 4.68. The highest BCUT2D eigenvalue weighted by atomic mass is 35.5. The van der Waals surface area contributed by atoms with Crippen LogP contribution >= 0.6 is 34.8 Å². The lowest BCUT2D eigenvalue weighted by Crippen LogP contribution is -2.40. The molecule has 7 nitrogen and oxygen atoms in total. The number of halogens is 3. The molecule has 2 aromatic carbocycles. The molecule has 1 heterocycles. The zero-order valence-electron chi connectivity index (χ0n) is 15.4. The molecule has 1 atom stereocenters. The van der Waals surface area contributed by atoms with E-state index in [9.17, 15) is 21.6 Å². The first kappa shape index (κ1) is 23.3. The Bertz CT molecular complexity index is 1150. The molecule has 30 heavy (non-hydrogen) atoms. The fraction of sp³-hybridized carbons (Fsp3) is 0.278. The van der Waals surface area contributed by atoms with Crippen LogP contribution < -0.4 is 4.72 Å². The van der Waals surface area contributed by atoms with Crippen LogP contribution in [-0.4, -0.2) is 52.5 Å². The maximum atomic E-state index is 12.8. The van der Waals surface area contributed by atoms with Gasteiger partial charge in [0.2, 0.25) is 15.9 Å². The lowest BCUT2D eigenvalue weighted by Gasteiger charge is -2.17. The van der Waals surface area contributed by atoms with Crippen molar-refractivity contribution < 1.29 is 21.6 Å². The molecule has 1 aliphatic heterocycles. The Morgan fingerprint density at radius 1 is 1.00 bits per heavy atom.